The van der Waals surface area contributed by atoms with Gasteiger partial charge in [-0.1, -0.05) is 13.8 Å². The molecular formula is C7H9F3OS. The Bertz CT molecular complexity index is 240. The van der Waals surface area contributed by atoms with Crippen LogP contribution in [0.3, 0.4) is 0 Å². The number of ether oxygens (including phenoxy) is 1. The number of thiol groups is 1. The normalized spacial score (nSPS) is 18.2. The highest BCUT2D eigenvalue weighted by molar-refractivity contribution is 8.01. The second-order valence-corrected chi connectivity index (χ2v) is 3.64. The molecule has 70 valence electrons. The summed E-state index contributed by atoms with van der Waals surface area (Å²) < 4.78 is 40.6. The van der Waals surface area contributed by atoms with Gasteiger partial charge in [-0.3, -0.25) is 0 Å². The third-order valence-corrected chi connectivity index (χ3v) is 2.30. The van der Waals surface area contributed by atoms with E-state index in [2.05, 4.69) is 4.74 Å². The molecule has 0 bridgehead atoms. The summed E-state index contributed by atoms with van der Waals surface area (Å²) in [5.74, 6) is 0.418. The van der Waals surface area contributed by atoms with Crippen LogP contribution >= 0.6 is 11.4 Å². The van der Waals surface area contributed by atoms with Crippen molar-refractivity contribution in [1.82, 2.24) is 0 Å². The minimum absolute atomic E-state index is 0.0114. The molecular weight excluding hydrogens is 189 g/mol. The average Bonchev–Trinajstić information content (AvgIpc) is 2.30. The minimum Gasteiger partial charge on any atom is -0.450 e. The van der Waals surface area contributed by atoms with Crippen molar-refractivity contribution in [1.29, 1.82) is 0 Å². The SMILES string of the molecule is CC(C)C1=C[SH]=C(C(F)(F)F)O1. The van der Waals surface area contributed by atoms with Gasteiger partial charge in [0.25, 0.3) is 0 Å². The lowest BCUT2D eigenvalue weighted by molar-refractivity contribution is -0.0715. The van der Waals surface area contributed by atoms with E-state index in [0.717, 1.165) is 0 Å². The zero-order valence-corrected chi connectivity index (χ0v) is 7.54. The van der Waals surface area contributed by atoms with E-state index in [4.69, 9.17) is 0 Å². The van der Waals surface area contributed by atoms with Crippen LogP contribution in [0.1, 0.15) is 13.8 Å². The second-order valence-electron chi connectivity index (χ2n) is 2.72. The molecule has 1 aliphatic rings. The van der Waals surface area contributed by atoms with E-state index < -0.39 is 11.2 Å². The standard InChI is InChI=1S/C7H9F3OS/c1-4(2)5-3-12-6(11-5)7(8,9)10/h3-4,12H,1-2H3. The summed E-state index contributed by atoms with van der Waals surface area (Å²) in [6, 6.07) is 0. The minimum atomic E-state index is -4.32. The smallest absolute Gasteiger partial charge is 0.450 e. The molecule has 0 amide bonds. The summed E-state index contributed by atoms with van der Waals surface area (Å²) in [6.45, 7) is 3.58. The predicted octanol–water partition coefficient (Wildman–Crippen LogP) is 2.67. The van der Waals surface area contributed by atoms with Gasteiger partial charge in [-0.05, 0) is 0 Å². The predicted molar refractivity (Wildman–Crippen MR) is 44.1 cm³/mol. The largest absolute Gasteiger partial charge is 0.455 e. The van der Waals surface area contributed by atoms with Gasteiger partial charge in [-0.15, -0.1) is 11.4 Å². The Hall–Kier alpha value is -0.450. The third kappa shape index (κ3) is 2.03. The van der Waals surface area contributed by atoms with Gasteiger partial charge in [0.2, 0.25) is 5.05 Å². The number of alkyl halides is 3. The van der Waals surface area contributed by atoms with Crippen LogP contribution in [0.5, 0.6) is 0 Å². The Labute approximate surface area is 72.2 Å². The molecule has 1 heterocycles. The van der Waals surface area contributed by atoms with Crippen molar-refractivity contribution in [2.75, 3.05) is 0 Å². The molecule has 5 heteroatoms. The molecule has 0 unspecified atom stereocenters. The summed E-state index contributed by atoms with van der Waals surface area (Å²) in [6.07, 6.45) is -4.32. The molecule has 1 nitrogen and oxygen atoms in total. The second kappa shape index (κ2) is 3.12. The molecule has 0 spiro atoms. The molecule has 0 saturated carbocycles. The molecule has 0 radical (unpaired) electrons. The zero-order chi connectivity index (χ0) is 9.35. The van der Waals surface area contributed by atoms with E-state index >= 15 is 0 Å². The van der Waals surface area contributed by atoms with Crippen LogP contribution < -0.4 is 0 Å². The van der Waals surface area contributed by atoms with E-state index in [9.17, 15) is 13.2 Å². The summed E-state index contributed by atoms with van der Waals surface area (Å²) in [5.41, 5.74) is 0. The maximum absolute atomic E-state index is 12.0. The van der Waals surface area contributed by atoms with Crippen LogP contribution in [0.25, 0.3) is 0 Å². The summed E-state index contributed by atoms with van der Waals surface area (Å²) in [4.78, 5) is 0. The van der Waals surface area contributed by atoms with E-state index in [-0.39, 0.29) is 17.3 Å². The van der Waals surface area contributed by atoms with Crippen LogP contribution in [0.15, 0.2) is 11.2 Å². The fourth-order valence-corrected chi connectivity index (χ4v) is 1.58. The summed E-state index contributed by atoms with van der Waals surface area (Å²) in [5, 5.41) is 0.624. The van der Waals surface area contributed by atoms with Gasteiger partial charge in [0.15, 0.2) is 0 Å². The highest BCUT2D eigenvalue weighted by Gasteiger charge is 2.38. The molecule has 0 aromatic rings. The first-order valence-corrected chi connectivity index (χ1v) is 4.40. The first-order chi connectivity index (χ1) is 5.41. The van der Waals surface area contributed by atoms with Gasteiger partial charge >= 0.3 is 6.18 Å². The van der Waals surface area contributed by atoms with Crippen molar-refractivity contribution < 1.29 is 17.9 Å². The van der Waals surface area contributed by atoms with Gasteiger partial charge in [0, 0.05) is 11.3 Å². The fraction of sp³-hybridized carbons (Fsp3) is 0.571. The van der Waals surface area contributed by atoms with Gasteiger partial charge in [-0.2, -0.15) is 13.2 Å². The number of allylic oxidation sites excluding steroid dienone is 1. The molecule has 0 aromatic heterocycles. The van der Waals surface area contributed by atoms with Crippen LogP contribution in [0.4, 0.5) is 13.2 Å². The molecule has 0 N–H and O–H groups in total. The molecule has 12 heavy (non-hydrogen) atoms. The van der Waals surface area contributed by atoms with Crippen molar-refractivity contribution >= 4 is 16.4 Å². The fourth-order valence-electron chi connectivity index (χ4n) is 0.685. The highest BCUT2D eigenvalue weighted by atomic mass is 32.1. The molecule has 0 atom stereocenters. The van der Waals surface area contributed by atoms with Crippen molar-refractivity contribution in [3.05, 3.63) is 11.2 Å². The topological polar surface area (TPSA) is 9.23 Å². The number of hydrogen-bond acceptors (Lipinski definition) is 1. The van der Waals surface area contributed by atoms with Gasteiger partial charge in [0.1, 0.15) is 5.76 Å². The molecule has 0 fully saturated rings. The molecule has 0 aliphatic carbocycles. The Morgan fingerprint density at radius 1 is 1.42 bits per heavy atom. The highest BCUT2D eigenvalue weighted by Crippen LogP contribution is 2.30. The third-order valence-electron chi connectivity index (χ3n) is 1.34. The van der Waals surface area contributed by atoms with Crippen molar-refractivity contribution in [3.63, 3.8) is 0 Å². The monoisotopic (exact) mass is 198 g/mol. The van der Waals surface area contributed by atoms with Gasteiger partial charge in [0.05, 0.1) is 0 Å². The van der Waals surface area contributed by atoms with E-state index in [0.29, 0.717) is 5.76 Å². The zero-order valence-electron chi connectivity index (χ0n) is 6.64. The molecule has 1 rings (SSSR count). The molecule has 1 aliphatic heterocycles. The van der Waals surface area contributed by atoms with Crippen LogP contribution in [-0.4, -0.2) is 11.2 Å². The Kier molecular flexibility index (Phi) is 2.51. The van der Waals surface area contributed by atoms with Crippen molar-refractivity contribution in [3.8, 4) is 0 Å². The van der Waals surface area contributed by atoms with Gasteiger partial charge < -0.3 is 4.74 Å². The van der Waals surface area contributed by atoms with E-state index in [1.165, 1.54) is 5.41 Å². The lowest BCUT2D eigenvalue weighted by Gasteiger charge is -2.11. The van der Waals surface area contributed by atoms with Crippen molar-refractivity contribution in [2.45, 2.75) is 20.0 Å². The maximum Gasteiger partial charge on any atom is 0.455 e. The lowest BCUT2D eigenvalue weighted by Crippen LogP contribution is -2.22. The first-order valence-electron chi connectivity index (χ1n) is 3.44. The average molecular weight is 198 g/mol. The first kappa shape index (κ1) is 9.64. The lowest BCUT2D eigenvalue weighted by atomic mass is 10.2. The van der Waals surface area contributed by atoms with Crippen LogP contribution in [0.2, 0.25) is 0 Å². The Morgan fingerprint density at radius 3 is 2.25 bits per heavy atom. The van der Waals surface area contributed by atoms with Crippen LogP contribution in [0, 0.1) is 5.92 Å². The summed E-state index contributed by atoms with van der Waals surface area (Å²) >= 11 is 0.112. The number of hydrogen-bond donors (Lipinski definition) is 1. The summed E-state index contributed by atoms with van der Waals surface area (Å²) in [7, 11) is 0. The quantitative estimate of drug-likeness (QED) is 0.503. The van der Waals surface area contributed by atoms with Crippen LogP contribution in [-0.2, 0) is 4.74 Å². The number of rotatable bonds is 1. The maximum atomic E-state index is 12.0. The van der Waals surface area contributed by atoms with E-state index in [1.54, 1.807) is 13.8 Å². The van der Waals surface area contributed by atoms with Gasteiger partial charge in [-0.25, -0.2) is 0 Å². The molecule has 0 saturated heterocycles. The van der Waals surface area contributed by atoms with E-state index in [1.807, 2.05) is 0 Å². The molecule has 0 aromatic carbocycles. The Balaban J connectivity index is 2.62. The van der Waals surface area contributed by atoms with Crippen molar-refractivity contribution in [2.24, 2.45) is 5.92 Å². The number of halogens is 3. The Morgan fingerprint density at radius 2 is 2.00 bits per heavy atom.